The van der Waals surface area contributed by atoms with Crippen molar-refractivity contribution in [3.05, 3.63) is 41.3 Å². The zero-order valence-corrected chi connectivity index (χ0v) is 7.86. The smallest absolute Gasteiger partial charge is 0.236 e. The number of nitrogens with zero attached hydrogens (tertiary/aromatic N) is 1. The number of hydrogen-bond acceptors (Lipinski definition) is 2. The maximum atomic E-state index is 10.8. The van der Waals surface area contributed by atoms with Crippen LogP contribution in [-0.2, 0) is 4.79 Å². The molecule has 1 heterocycles. The first-order chi connectivity index (χ1) is 6.77. The van der Waals surface area contributed by atoms with Gasteiger partial charge in [0.05, 0.1) is 6.54 Å². The Labute approximate surface area is 82.9 Å². The predicted molar refractivity (Wildman–Crippen MR) is 54.2 cm³/mol. The molecule has 0 saturated heterocycles. The Hall–Kier alpha value is -1.73. The third-order valence-corrected chi connectivity index (χ3v) is 2.37. The van der Waals surface area contributed by atoms with Crippen LogP contribution in [-0.4, -0.2) is 23.9 Å². The van der Waals surface area contributed by atoms with Gasteiger partial charge in [-0.1, -0.05) is 6.08 Å². The lowest BCUT2D eigenvalue weighted by Crippen LogP contribution is -2.31. The normalized spacial score (nSPS) is 18.7. The first-order valence-corrected chi connectivity index (χ1v) is 4.63. The Kier molecular flexibility index (Phi) is 2.25. The van der Waals surface area contributed by atoms with Gasteiger partial charge in [-0.05, 0) is 30.2 Å². The molecule has 1 amide bonds. The first-order valence-electron chi connectivity index (χ1n) is 4.63. The lowest BCUT2D eigenvalue weighted by molar-refractivity contribution is -0.118. The minimum Gasteiger partial charge on any atom is -0.368 e. The van der Waals surface area contributed by atoms with E-state index in [1.807, 2.05) is 29.2 Å². The van der Waals surface area contributed by atoms with Crippen LogP contribution in [0.4, 0.5) is 0 Å². The van der Waals surface area contributed by atoms with Gasteiger partial charge >= 0.3 is 0 Å². The maximum absolute atomic E-state index is 10.8. The molecule has 0 radical (unpaired) electrons. The number of hydrogen-bond donors (Lipinski definition) is 1. The van der Waals surface area contributed by atoms with E-state index in [1.54, 1.807) is 0 Å². The highest BCUT2D eigenvalue weighted by molar-refractivity contribution is 5.76. The van der Waals surface area contributed by atoms with Gasteiger partial charge in [0.2, 0.25) is 5.91 Å². The van der Waals surface area contributed by atoms with Crippen molar-refractivity contribution >= 4 is 5.91 Å². The summed E-state index contributed by atoms with van der Waals surface area (Å²) in [5.41, 5.74) is 10.6. The van der Waals surface area contributed by atoms with E-state index in [1.165, 1.54) is 5.57 Å². The molecule has 2 N–H and O–H groups in total. The molecule has 3 heteroatoms. The summed E-state index contributed by atoms with van der Waals surface area (Å²) in [4.78, 5) is 12.8. The fraction of sp³-hybridized carbons (Fsp3) is 0.273. The summed E-state index contributed by atoms with van der Waals surface area (Å²) in [5, 5.41) is 0. The minimum absolute atomic E-state index is 0.284. The van der Waals surface area contributed by atoms with Crippen molar-refractivity contribution in [2.45, 2.75) is 6.42 Å². The summed E-state index contributed by atoms with van der Waals surface area (Å²) in [7, 11) is 0. The van der Waals surface area contributed by atoms with Gasteiger partial charge in [0, 0.05) is 12.2 Å². The zero-order valence-electron chi connectivity index (χ0n) is 7.86. The van der Waals surface area contributed by atoms with E-state index in [2.05, 4.69) is 5.73 Å². The van der Waals surface area contributed by atoms with Crippen molar-refractivity contribution in [1.82, 2.24) is 4.90 Å². The number of carbonyl (C=O) groups is 1. The second-order valence-electron chi connectivity index (χ2n) is 3.39. The molecule has 0 atom stereocenters. The van der Waals surface area contributed by atoms with Crippen LogP contribution in [0.3, 0.4) is 0 Å². The molecule has 0 aromatic carbocycles. The van der Waals surface area contributed by atoms with Crippen LogP contribution in [0.5, 0.6) is 0 Å². The van der Waals surface area contributed by atoms with E-state index in [9.17, 15) is 4.79 Å². The van der Waals surface area contributed by atoms with E-state index in [0.717, 1.165) is 18.7 Å². The highest BCUT2D eigenvalue weighted by atomic mass is 16.1. The van der Waals surface area contributed by atoms with Crippen molar-refractivity contribution < 1.29 is 4.79 Å². The molecule has 2 aliphatic rings. The van der Waals surface area contributed by atoms with Crippen molar-refractivity contribution in [3.8, 4) is 0 Å². The van der Waals surface area contributed by atoms with Crippen LogP contribution in [0.1, 0.15) is 6.42 Å². The molecule has 0 saturated carbocycles. The van der Waals surface area contributed by atoms with Crippen LogP contribution in [0.15, 0.2) is 41.3 Å². The van der Waals surface area contributed by atoms with E-state index < -0.39 is 0 Å². The van der Waals surface area contributed by atoms with E-state index in [0.29, 0.717) is 6.54 Å². The molecular weight excluding hydrogens is 176 g/mol. The van der Waals surface area contributed by atoms with Crippen LogP contribution in [0, 0.1) is 0 Å². The Morgan fingerprint density at radius 1 is 1.64 bits per heavy atom. The zero-order chi connectivity index (χ0) is 9.97. The monoisotopic (exact) mass is 188 g/mol. The largest absolute Gasteiger partial charge is 0.368 e. The van der Waals surface area contributed by atoms with Gasteiger partial charge in [-0.15, -0.1) is 5.73 Å². The molecule has 1 aliphatic carbocycles. The fourth-order valence-electron chi connectivity index (χ4n) is 1.76. The van der Waals surface area contributed by atoms with E-state index in [-0.39, 0.29) is 5.91 Å². The molecule has 0 aromatic heterocycles. The molecule has 0 bridgehead atoms. The third kappa shape index (κ3) is 1.63. The van der Waals surface area contributed by atoms with Crippen molar-refractivity contribution in [2.75, 3.05) is 13.1 Å². The lowest BCUT2D eigenvalue weighted by Gasteiger charge is -2.17. The SMILES string of the molecule is NC(=O)CN1CCC2=C1C=CC=C=C2. The number of allylic oxidation sites excluding steroid dienone is 3. The molecule has 0 aromatic rings. The van der Waals surface area contributed by atoms with Gasteiger partial charge in [-0.25, -0.2) is 0 Å². The Morgan fingerprint density at radius 2 is 2.50 bits per heavy atom. The van der Waals surface area contributed by atoms with Crippen LogP contribution < -0.4 is 5.73 Å². The van der Waals surface area contributed by atoms with Crippen molar-refractivity contribution in [2.24, 2.45) is 5.73 Å². The van der Waals surface area contributed by atoms with Gasteiger partial charge in [-0.3, -0.25) is 4.79 Å². The quantitative estimate of drug-likeness (QED) is 0.649. The summed E-state index contributed by atoms with van der Waals surface area (Å²) >= 11 is 0. The average Bonchev–Trinajstić information content (AvgIpc) is 2.37. The Balaban J connectivity index is 2.23. The second kappa shape index (κ2) is 3.56. The lowest BCUT2D eigenvalue weighted by atomic mass is 10.2. The first kappa shape index (κ1) is 8.85. The average molecular weight is 188 g/mol. The fourth-order valence-corrected chi connectivity index (χ4v) is 1.76. The molecule has 3 nitrogen and oxygen atoms in total. The molecule has 0 fully saturated rings. The number of rotatable bonds is 2. The van der Waals surface area contributed by atoms with Gasteiger partial charge in [0.1, 0.15) is 0 Å². The summed E-state index contributed by atoms with van der Waals surface area (Å²) in [6.07, 6.45) is 8.73. The van der Waals surface area contributed by atoms with Gasteiger partial charge in [0.15, 0.2) is 0 Å². The third-order valence-electron chi connectivity index (χ3n) is 2.37. The van der Waals surface area contributed by atoms with Gasteiger partial charge in [0.25, 0.3) is 0 Å². The molecule has 0 spiro atoms. The van der Waals surface area contributed by atoms with Crippen LogP contribution >= 0.6 is 0 Å². The molecule has 14 heavy (non-hydrogen) atoms. The number of primary amides is 1. The summed E-state index contributed by atoms with van der Waals surface area (Å²) in [6, 6.07) is 0. The van der Waals surface area contributed by atoms with Gasteiger partial charge < -0.3 is 10.6 Å². The number of amides is 1. The highest BCUT2D eigenvalue weighted by Gasteiger charge is 2.20. The Bertz CT molecular complexity index is 384. The second-order valence-corrected chi connectivity index (χ2v) is 3.39. The highest BCUT2D eigenvalue weighted by Crippen LogP contribution is 2.25. The molecule has 72 valence electrons. The summed E-state index contributed by atoms with van der Waals surface area (Å²) < 4.78 is 0. The van der Waals surface area contributed by atoms with E-state index >= 15 is 0 Å². The molecule has 2 rings (SSSR count). The van der Waals surface area contributed by atoms with E-state index in [4.69, 9.17) is 5.73 Å². The van der Waals surface area contributed by atoms with Gasteiger partial charge in [-0.2, -0.15) is 0 Å². The molecule has 1 aliphatic heterocycles. The van der Waals surface area contributed by atoms with Crippen LogP contribution in [0.2, 0.25) is 0 Å². The number of carbonyl (C=O) groups excluding carboxylic acids is 1. The Morgan fingerprint density at radius 3 is 3.29 bits per heavy atom. The van der Waals surface area contributed by atoms with Crippen molar-refractivity contribution in [1.29, 1.82) is 0 Å². The maximum Gasteiger partial charge on any atom is 0.236 e. The molecule has 0 unspecified atom stereocenters. The standard InChI is InChI=1S/C11H12N2O/c12-11(14)8-13-7-6-9-4-2-1-3-5-10(9)13/h1,3-5H,6-8H2,(H2,12,14). The summed E-state index contributed by atoms with van der Waals surface area (Å²) in [5.74, 6) is -0.284. The minimum atomic E-state index is -0.284. The van der Waals surface area contributed by atoms with Crippen LogP contribution in [0.25, 0.3) is 0 Å². The predicted octanol–water partition coefficient (Wildman–Crippen LogP) is 0.713. The van der Waals surface area contributed by atoms with Crippen molar-refractivity contribution in [3.63, 3.8) is 0 Å². The number of nitrogens with two attached hydrogens (primary N) is 1. The topological polar surface area (TPSA) is 46.3 Å². The molecular formula is C11H12N2O. The summed E-state index contributed by atoms with van der Waals surface area (Å²) in [6.45, 7) is 1.17.